The van der Waals surface area contributed by atoms with E-state index in [4.69, 9.17) is 14.6 Å². The lowest BCUT2D eigenvalue weighted by molar-refractivity contribution is -0.148. The maximum absolute atomic E-state index is 10.2. The summed E-state index contributed by atoms with van der Waals surface area (Å²) in [5.74, 6) is -1.20. The molecule has 0 aromatic heterocycles. The number of carboxylic acids is 1. The monoisotopic (exact) mass is 188 g/mol. The highest BCUT2D eigenvalue weighted by molar-refractivity contribution is 5.66. The molecule has 1 saturated heterocycles. The highest BCUT2D eigenvalue weighted by Gasteiger charge is 2.29. The van der Waals surface area contributed by atoms with Crippen molar-refractivity contribution in [2.75, 3.05) is 13.2 Å². The molecule has 4 nitrogen and oxygen atoms in total. The fraction of sp³-hybridized carbons (Fsp3) is 0.889. The quantitative estimate of drug-likeness (QED) is 0.662. The molecule has 4 heteroatoms. The Balaban J connectivity index is 2.07. The molecule has 1 rings (SSSR count). The second kappa shape index (κ2) is 4.58. The number of hydrogen-bond donors (Lipinski definition) is 1. The lowest BCUT2D eigenvalue weighted by Gasteiger charge is -2.21. The van der Waals surface area contributed by atoms with E-state index >= 15 is 0 Å². The van der Waals surface area contributed by atoms with Crippen LogP contribution in [0.15, 0.2) is 0 Å². The van der Waals surface area contributed by atoms with E-state index in [-0.39, 0.29) is 6.42 Å². The molecule has 0 atom stereocenters. The summed E-state index contributed by atoms with van der Waals surface area (Å²) in [6.45, 7) is 3.20. The summed E-state index contributed by atoms with van der Waals surface area (Å²) >= 11 is 0. The van der Waals surface area contributed by atoms with Gasteiger partial charge in [-0.25, -0.2) is 0 Å². The number of aliphatic carboxylic acids is 1. The Kier molecular flexibility index (Phi) is 3.69. The van der Waals surface area contributed by atoms with Crippen molar-refractivity contribution in [3.05, 3.63) is 0 Å². The SMILES string of the molecule is CC1(CCCCC(=O)O)OCCO1. The molecule has 0 amide bonds. The topological polar surface area (TPSA) is 55.8 Å². The Morgan fingerprint density at radius 2 is 2.00 bits per heavy atom. The van der Waals surface area contributed by atoms with E-state index in [0.29, 0.717) is 19.6 Å². The van der Waals surface area contributed by atoms with Crippen LogP contribution in [-0.2, 0) is 14.3 Å². The second-order valence-electron chi connectivity index (χ2n) is 3.43. The summed E-state index contributed by atoms with van der Waals surface area (Å²) in [4.78, 5) is 10.2. The van der Waals surface area contributed by atoms with Gasteiger partial charge in [-0.1, -0.05) is 0 Å². The minimum Gasteiger partial charge on any atom is -0.481 e. The minimum absolute atomic E-state index is 0.232. The van der Waals surface area contributed by atoms with Gasteiger partial charge in [0.05, 0.1) is 13.2 Å². The number of rotatable bonds is 5. The zero-order valence-corrected chi connectivity index (χ0v) is 7.91. The van der Waals surface area contributed by atoms with Gasteiger partial charge in [-0.05, 0) is 19.8 Å². The Hall–Kier alpha value is -0.610. The molecule has 0 aliphatic carbocycles. The largest absolute Gasteiger partial charge is 0.481 e. The van der Waals surface area contributed by atoms with Gasteiger partial charge in [0.1, 0.15) is 0 Å². The molecule has 13 heavy (non-hydrogen) atoms. The maximum atomic E-state index is 10.2. The average Bonchev–Trinajstić information content (AvgIpc) is 2.47. The van der Waals surface area contributed by atoms with Crippen molar-refractivity contribution in [3.63, 3.8) is 0 Å². The number of unbranched alkanes of at least 4 members (excludes halogenated alkanes) is 1. The second-order valence-corrected chi connectivity index (χ2v) is 3.43. The van der Waals surface area contributed by atoms with E-state index in [1.807, 2.05) is 6.92 Å². The zero-order valence-electron chi connectivity index (χ0n) is 7.91. The molecule has 0 bridgehead atoms. The molecule has 1 aliphatic heterocycles. The third-order valence-corrected chi connectivity index (χ3v) is 2.17. The first-order valence-electron chi connectivity index (χ1n) is 4.62. The van der Waals surface area contributed by atoms with E-state index in [9.17, 15) is 4.79 Å². The number of carbonyl (C=O) groups is 1. The van der Waals surface area contributed by atoms with Crippen molar-refractivity contribution in [3.8, 4) is 0 Å². The Labute approximate surface area is 77.8 Å². The molecule has 0 aromatic rings. The summed E-state index contributed by atoms with van der Waals surface area (Å²) in [6.07, 6.45) is 2.54. The number of carboxylic acid groups (broad SMARTS) is 1. The van der Waals surface area contributed by atoms with Crippen LogP contribution in [0.4, 0.5) is 0 Å². The van der Waals surface area contributed by atoms with Crippen LogP contribution in [0.25, 0.3) is 0 Å². The van der Waals surface area contributed by atoms with Crippen LogP contribution in [0.1, 0.15) is 32.6 Å². The predicted molar refractivity (Wildman–Crippen MR) is 46.4 cm³/mol. The van der Waals surface area contributed by atoms with Gasteiger partial charge in [-0.3, -0.25) is 4.79 Å². The van der Waals surface area contributed by atoms with Gasteiger partial charge in [0.25, 0.3) is 0 Å². The fourth-order valence-corrected chi connectivity index (χ4v) is 1.42. The Morgan fingerprint density at radius 3 is 2.54 bits per heavy atom. The smallest absolute Gasteiger partial charge is 0.303 e. The normalized spacial score (nSPS) is 20.4. The summed E-state index contributed by atoms with van der Waals surface area (Å²) in [5.41, 5.74) is 0. The molecule has 1 aliphatic rings. The van der Waals surface area contributed by atoms with Gasteiger partial charge in [-0.15, -0.1) is 0 Å². The van der Waals surface area contributed by atoms with Crippen LogP contribution in [0.2, 0.25) is 0 Å². The average molecular weight is 188 g/mol. The van der Waals surface area contributed by atoms with Crippen LogP contribution in [0, 0.1) is 0 Å². The van der Waals surface area contributed by atoms with E-state index in [1.165, 1.54) is 0 Å². The summed E-state index contributed by atoms with van der Waals surface area (Å²) in [6, 6.07) is 0. The fourth-order valence-electron chi connectivity index (χ4n) is 1.42. The van der Waals surface area contributed by atoms with Crippen LogP contribution in [0.5, 0.6) is 0 Å². The van der Waals surface area contributed by atoms with E-state index in [0.717, 1.165) is 12.8 Å². The van der Waals surface area contributed by atoms with E-state index in [1.54, 1.807) is 0 Å². The third kappa shape index (κ3) is 3.74. The highest BCUT2D eigenvalue weighted by Crippen LogP contribution is 2.24. The molecule has 1 heterocycles. The molecule has 1 fully saturated rings. The molecule has 0 spiro atoms. The predicted octanol–water partition coefficient (Wildman–Crippen LogP) is 1.39. The molecule has 1 N–H and O–H groups in total. The first-order valence-corrected chi connectivity index (χ1v) is 4.62. The lowest BCUT2D eigenvalue weighted by atomic mass is 10.1. The van der Waals surface area contributed by atoms with Gasteiger partial charge in [0.2, 0.25) is 0 Å². The van der Waals surface area contributed by atoms with Gasteiger partial charge in [0.15, 0.2) is 5.79 Å². The first-order chi connectivity index (χ1) is 6.12. The lowest BCUT2D eigenvalue weighted by Crippen LogP contribution is -2.25. The first kappa shape index (κ1) is 10.5. The molecule has 0 unspecified atom stereocenters. The van der Waals surface area contributed by atoms with Crippen LogP contribution >= 0.6 is 0 Å². The van der Waals surface area contributed by atoms with Gasteiger partial charge in [-0.2, -0.15) is 0 Å². The highest BCUT2D eigenvalue weighted by atomic mass is 16.7. The Morgan fingerprint density at radius 1 is 1.38 bits per heavy atom. The van der Waals surface area contributed by atoms with Crippen molar-refractivity contribution < 1.29 is 19.4 Å². The molecule has 0 aromatic carbocycles. The van der Waals surface area contributed by atoms with Crippen LogP contribution in [-0.4, -0.2) is 30.1 Å². The van der Waals surface area contributed by atoms with Crippen molar-refractivity contribution in [2.24, 2.45) is 0 Å². The van der Waals surface area contributed by atoms with Gasteiger partial charge >= 0.3 is 5.97 Å². The molecular weight excluding hydrogens is 172 g/mol. The zero-order chi connectivity index (χ0) is 9.73. The molecule has 76 valence electrons. The van der Waals surface area contributed by atoms with Gasteiger partial charge < -0.3 is 14.6 Å². The summed E-state index contributed by atoms with van der Waals surface area (Å²) in [7, 11) is 0. The van der Waals surface area contributed by atoms with Crippen molar-refractivity contribution >= 4 is 5.97 Å². The van der Waals surface area contributed by atoms with Gasteiger partial charge in [0, 0.05) is 12.8 Å². The third-order valence-electron chi connectivity index (χ3n) is 2.17. The summed E-state index contributed by atoms with van der Waals surface area (Å²) < 4.78 is 10.8. The van der Waals surface area contributed by atoms with Crippen molar-refractivity contribution in [1.82, 2.24) is 0 Å². The van der Waals surface area contributed by atoms with Crippen LogP contribution in [0.3, 0.4) is 0 Å². The Bertz CT molecular complexity index is 172. The van der Waals surface area contributed by atoms with E-state index < -0.39 is 11.8 Å². The van der Waals surface area contributed by atoms with E-state index in [2.05, 4.69) is 0 Å². The standard InChI is InChI=1S/C9H16O4/c1-9(12-6-7-13-9)5-3-2-4-8(10)11/h2-7H2,1H3,(H,10,11). The summed E-state index contributed by atoms with van der Waals surface area (Å²) in [5, 5.41) is 8.41. The van der Waals surface area contributed by atoms with Crippen molar-refractivity contribution in [2.45, 2.75) is 38.4 Å². The van der Waals surface area contributed by atoms with Crippen LogP contribution < -0.4 is 0 Å². The maximum Gasteiger partial charge on any atom is 0.303 e. The molecule has 0 radical (unpaired) electrons. The number of ether oxygens (including phenoxy) is 2. The number of hydrogen-bond acceptors (Lipinski definition) is 3. The molecular formula is C9H16O4. The minimum atomic E-state index is -0.738. The molecule has 0 saturated carbocycles. The van der Waals surface area contributed by atoms with Crippen molar-refractivity contribution in [1.29, 1.82) is 0 Å².